The first-order valence-electron chi connectivity index (χ1n) is 8.86. The molecule has 140 valence electrons. The number of benzene rings is 1. The van der Waals surface area contributed by atoms with Crippen molar-refractivity contribution < 1.29 is 17.6 Å². The van der Waals surface area contributed by atoms with Crippen molar-refractivity contribution in [2.75, 3.05) is 7.05 Å². The maximum absolute atomic E-state index is 12.6. The van der Waals surface area contributed by atoms with Gasteiger partial charge in [-0.3, -0.25) is 4.79 Å². The highest BCUT2D eigenvalue weighted by Gasteiger charge is 2.23. The van der Waals surface area contributed by atoms with Gasteiger partial charge < -0.3 is 9.32 Å². The van der Waals surface area contributed by atoms with Crippen LogP contribution in [0.5, 0.6) is 0 Å². The topological polar surface area (TPSA) is 79.6 Å². The molecule has 1 aromatic carbocycles. The lowest BCUT2D eigenvalue weighted by Gasteiger charge is -2.31. The monoisotopic (exact) mass is 376 g/mol. The molecule has 1 heterocycles. The molecule has 0 spiro atoms. The molecular formula is C19H24N2O4S. The molecule has 0 bridgehead atoms. The molecule has 0 atom stereocenters. The molecule has 2 aromatic rings. The third-order valence-corrected chi connectivity index (χ3v) is 6.29. The van der Waals surface area contributed by atoms with Gasteiger partial charge in [0.25, 0.3) is 5.91 Å². The van der Waals surface area contributed by atoms with Crippen molar-refractivity contribution in [3.05, 3.63) is 54.0 Å². The van der Waals surface area contributed by atoms with Crippen LogP contribution in [-0.2, 0) is 16.6 Å². The van der Waals surface area contributed by atoms with Crippen LogP contribution in [0.3, 0.4) is 0 Å². The van der Waals surface area contributed by atoms with Gasteiger partial charge in [-0.2, -0.15) is 0 Å². The molecule has 0 unspecified atom stereocenters. The molecule has 1 aliphatic carbocycles. The van der Waals surface area contributed by atoms with Crippen LogP contribution in [0.15, 0.2) is 52.0 Å². The van der Waals surface area contributed by atoms with E-state index < -0.39 is 10.0 Å². The third-order valence-electron chi connectivity index (χ3n) is 4.87. The minimum atomic E-state index is -3.65. The van der Waals surface area contributed by atoms with Crippen LogP contribution in [0.1, 0.15) is 48.2 Å². The van der Waals surface area contributed by atoms with E-state index in [1.165, 1.54) is 24.8 Å². The van der Waals surface area contributed by atoms with E-state index in [0.717, 1.165) is 25.7 Å². The van der Waals surface area contributed by atoms with E-state index in [-0.39, 0.29) is 23.4 Å². The average Bonchev–Trinajstić information content (AvgIpc) is 3.20. The molecular weight excluding hydrogens is 352 g/mol. The number of hydrogen-bond donors (Lipinski definition) is 1. The zero-order valence-electron chi connectivity index (χ0n) is 14.8. The van der Waals surface area contributed by atoms with E-state index in [9.17, 15) is 13.2 Å². The Balaban J connectivity index is 1.66. The Morgan fingerprint density at radius 3 is 2.46 bits per heavy atom. The van der Waals surface area contributed by atoms with Crippen molar-refractivity contribution in [2.24, 2.45) is 0 Å². The number of sulfonamides is 1. The number of furan rings is 1. The first-order chi connectivity index (χ1) is 12.5. The second-order valence-electron chi connectivity index (χ2n) is 6.64. The fraction of sp³-hybridized carbons (Fsp3) is 0.421. The second kappa shape index (κ2) is 8.05. The summed E-state index contributed by atoms with van der Waals surface area (Å²) >= 11 is 0. The molecule has 1 N–H and O–H groups in total. The summed E-state index contributed by atoms with van der Waals surface area (Å²) in [6.45, 7) is 0.0838. The molecule has 3 rings (SSSR count). The summed E-state index contributed by atoms with van der Waals surface area (Å²) in [6, 6.07) is 9.75. The zero-order valence-corrected chi connectivity index (χ0v) is 15.7. The van der Waals surface area contributed by atoms with E-state index in [0.29, 0.717) is 11.3 Å². The van der Waals surface area contributed by atoms with E-state index in [2.05, 4.69) is 4.72 Å². The lowest BCUT2D eigenvalue weighted by Crippen LogP contribution is -2.38. The normalized spacial score (nSPS) is 15.7. The number of rotatable bonds is 6. The van der Waals surface area contributed by atoms with Crippen molar-refractivity contribution in [1.82, 2.24) is 9.62 Å². The third kappa shape index (κ3) is 4.34. The van der Waals surface area contributed by atoms with Gasteiger partial charge in [0, 0.05) is 18.7 Å². The Morgan fingerprint density at radius 1 is 1.15 bits per heavy atom. The lowest BCUT2D eigenvalue weighted by atomic mass is 9.94. The highest BCUT2D eigenvalue weighted by atomic mass is 32.2. The largest absolute Gasteiger partial charge is 0.468 e. The smallest absolute Gasteiger partial charge is 0.253 e. The first kappa shape index (κ1) is 18.7. The van der Waals surface area contributed by atoms with Gasteiger partial charge in [0.05, 0.1) is 17.7 Å². The van der Waals surface area contributed by atoms with Crippen LogP contribution in [0.4, 0.5) is 0 Å². The Bertz CT molecular complexity index is 823. The van der Waals surface area contributed by atoms with Gasteiger partial charge in [-0.1, -0.05) is 19.3 Å². The van der Waals surface area contributed by atoms with Gasteiger partial charge in [0.15, 0.2) is 0 Å². The molecule has 1 aromatic heterocycles. The summed E-state index contributed by atoms with van der Waals surface area (Å²) in [5.74, 6) is 0.471. The van der Waals surface area contributed by atoms with Gasteiger partial charge in [-0.05, 0) is 49.2 Å². The number of amides is 1. The first-order valence-corrected chi connectivity index (χ1v) is 10.3. The Kier molecular flexibility index (Phi) is 5.78. The van der Waals surface area contributed by atoms with Crippen LogP contribution in [-0.4, -0.2) is 32.3 Å². The summed E-state index contributed by atoms with van der Waals surface area (Å²) in [7, 11) is -1.83. The average molecular weight is 376 g/mol. The maximum atomic E-state index is 12.6. The molecule has 26 heavy (non-hydrogen) atoms. The summed E-state index contributed by atoms with van der Waals surface area (Å²) in [4.78, 5) is 14.5. The SMILES string of the molecule is CN(C(=O)c1ccc(S(=O)(=O)NCc2ccco2)cc1)C1CCCCC1. The van der Waals surface area contributed by atoms with Crippen LogP contribution in [0.2, 0.25) is 0 Å². The van der Waals surface area contributed by atoms with Crippen LogP contribution >= 0.6 is 0 Å². The Hall–Kier alpha value is -2.12. The molecule has 1 saturated carbocycles. The molecule has 0 saturated heterocycles. The van der Waals surface area contributed by atoms with Gasteiger partial charge >= 0.3 is 0 Å². The quantitative estimate of drug-likeness (QED) is 0.840. The minimum Gasteiger partial charge on any atom is -0.468 e. The summed E-state index contributed by atoms with van der Waals surface area (Å²) in [5.41, 5.74) is 0.503. The fourth-order valence-electron chi connectivity index (χ4n) is 3.28. The molecule has 6 nitrogen and oxygen atoms in total. The molecule has 1 fully saturated rings. The van der Waals surface area contributed by atoms with E-state index in [1.54, 1.807) is 29.2 Å². The summed E-state index contributed by atoms with van der Waals surface area (Å²) in [5, 5.41) is 0. The molecule has 1 amide bonds. The maximum Gasteiger partial charge on any atom is 0.253 e. The Morgan fingerprint density at radius 2 is 1.85 bits per heavy atom. The van der Waals surface area contributed by atoms with Gasteiger partial charge in [0.2, 0.25) is 10.0 Å². The molecule has 1 aliphatic rings. The fourth-order valence-corrected chi connectivity index (χ4v) is 4.27. The van der Waals surface area contributed by atoms with Crippen molar-refractivity contribution >= 4 is 15.9 Å². The second-order valence-corrected chi connectivity index (χ2v) is 8.40. The van der Waals surface area contributed by atoms with Crippen molar-refractivity contribution in [2.45, 2.75) is 49.6 Å². The Labute approximate surface area is 154 Å². The van der Waals surface area contributed by atoms with Gasteiger partial charge in [-0.15, -0.1) is 0 Å². The van der Waals surface area contributed by atoms with Gasteiger partial charge in [-0.25, -0.2) is 13.1 Å². The zero-order chi connectivity index (χ0) is 18.6. The van der Waals surface area contributed by atoms with E-state index >= 15 is 0 Å². The van der Waals surface area contributed by atoms with Crippen LogP contribution in [0, 0.1) is 0 Å². The molecule has 7 heteroatoms. The number of nitrogens with zero attached hydrogens (tertiary/aromatic N) is 1. The standard InChI is InChI=1S/C19H24N2O4S/c1-21(16-6-3-2-4-7-16)19(22)15-9-11-18(12-10-15)26(23,24)20-14-17-8-5-13-25-17/h5,8-13,16,20H,2-4,6-7,14H2,1H3. The van der Waals surface area contributed by atoms with Gasteiger partial charge in [0.1, 0.15) is 5.76 Å². The molecule has 0 aliphatic heterocycles. The van der Waals surface area contributed by atoms with Crippen molar-refractivity contribution in [3.63, 3.8) is 0 Å². The highest BCUT2D eigenvalue weighted by Crippen LogP contribution is 2.23. The number of carbonyl (C=O) groups is 1. The van der Waals surface area contributed by atoms with Crippen molar-refractivity contribution in [3.8, 4) is 0 Å². The van der Waals surface area contributed by atoms with Crippen molar-refractivity contribution in [1.29, 1.82) is 0 Å². The van der Waals surface area contributed by atoms with Crippen LogP contribution in [0.25, 0.3) is 0 Å². The van der Waals surface area contributed by atoms with Crippen LogP contribution < -0.4 is 4.72 Å². The minimum absolute atomic E-state index is 0.0654. The lowest BCUT2D eigenvalue weighted by molar-refractivity contribution is 0.0696. The van der Waals surface area contributed by atoms with E-state index in [1.807, 2.05) is 7.05 Å². The summed E-state index contributed by atoms with van der Waals surface area (Å²) in [6.07, 6.45) is 7.10. The predicted octanol–water partition coefficient (Wildman–Crippen LogP) is 3.16. The predicted molar refractivity (Wildman–Crippen MR) is 98.1 cm³/mol. The molecule has 0 radical (unpaired) electrons. The number of nitrogens with one attached hydrogen (secondary N) is 1. The van der Waals surface area contributed by atoms with E-state index in [4.69, 9.17) is 4.42 Å². The summed E-state index contributed by atoms with van der Waals surface area (Å²) < 4.78 is 32.3. The number of carbonyl (C=O) groups excluding carboxylic acids is 1. The highest BCUT2D eigenvalue weighted by molar-refractivity contribution is 7.89. The number of hydrogen-bond acceptors (Lipinski definition) is 4.